The topological polar surface area (TPSA) is 37.8 Å². The first-order chi connectivity index (χ1) is 9.15. The highest BCUT2D eigenvalue weighted by molar-refractivity contribution is 5.32. The van der Waals surface area contributed by atoms with Crippen molar-refractivity contribution in [1.82, 2.24) is 15.3 Å². The Hall–Kier alpha value is -1.88. The number of hydrogen-bond donors (Lipinski definition) is 1. The highest BCUT2D eigenvalue weighted by atomic mass is 19.2. The summed E-state index contributed by atoms with van der Waals surface area (Å²) in [7, 11) is 0. The van der Waals surface area contributed by atoms with Crippen molar-refractivity contribution in [2.75, 3.05) is 6.54 Å². The average Bonchev–Trinajstić information content (AvgIpc) is 2.44. The predicted octanol–water partition coefficient (Wildman–Crippen LogP) is 2.76. The molecule has 2 aromatic rings. The number of benzene rings is 1. The Bertz CT molecular complexity index is 558. The lowest BCUT2D eigenvalue weighted by Gasteiger charge is -2.18. The van der Waals surface area contributed by atoms with Crippen LogP contribution in [0, 0.1) is 18.6 Å². The first kappa shape index (κ1) is 13.5. The molecule has 0 fully saturated rings. The molecule has 1 aromatic carbocycles. The van der Waals surface area contributed by atoms with E-state index in [2.05, 4.69) is 15.3 Å². The summed E-state index contributed by atoms with van der Waals surface area (Å²) in [5.74, 6) is -1.65. The van der Waals surface area contributed by atoms with Crippen molar-refractivity contribution >= 4 is 0 Å². The molecular formula is C14H15F2N3. The third-order valence-electron chi connectivity index (χ3n) is 2.90. The fourth-order valence-corrected chi connectivity index (χ4v) is 1.92. The summed E-state index contributed by atoms with van der Waals surface area (Å²) in [5, 5.41) is 3.09. The van der Waals surface area contributed by atoms with Crippen LogP contribution in [-0.4, -0.2) is 16.5 Å². The minimum absolute atomic E-state index is 0.241. The van der Waals surface area contributed by atoms with Crippen LogP contribution in [0.25, 0.3) is 0 Å². The molecule has 1 aromatic heterocycles. The zero-order valence-corrected chi connectivity index (χ0v) is 10.8. The van der Waals surface area contributed by atoms with Crippen molar-refractivity contribution < 1.29 is 8.78 Å². The molecule has 0 aliphatic heterocycles. The average molecular weight is 263 g/mol. The molecule has 1 unspecified atom stereocenters. The summed E-state index contributed by atoms with van der Waals surface area (Å²) >= 11 is 0. The lowest BCUT2D eigenvalue weighted by Crippen LogP contribution is -2.24. The van der Waals surface area contributed by atoms with Crippen LogP contribution in [0.4, 0.5) is 8.78 Å². The Labute approximate surface area is 110 Å². The zero-order chi connectivity index (χ0) is 13.8. The van der Waals surface area contributed by atoms with Crippen molar-refractivity contribution in [3.05, 3.63) is 59.2 Å². The zero-order valence-electron chi connectivity index (χ0n) is 10.8. The summed E-state index contributed by atoms with van der Waals surface area (Å²) in [6, 6.07) is 2.64. The molecule has 5 heteroatoms. The molecule has 0 aliphatic rings. The summed E-state index contributed by atoms with van der Waals surface area (Å²) in [6.07, 6.45) is 4.62. The van der Waals surface area contributed by atoms with E-state index >= 15 is 0 Å². The number of rotatable bonds is 4. The van der Waals surface area contributed by atoms with Gasteiger partial charge in [-0.3, -0.25) is 9.97 Å². The van der Waals surface area contributed by atoms with Gasteiger partial charge in [0, 0.05) is 18.0 Å². The van der Waals surface area contributed by atoms with Crippen LogP contribution < -0.4 is 5.32 Å². The Kier molecular flexibility index (Phi) is 4.16. The van der Waals surface area contributed by atoms with Gasteiger partial charge >= 0.3 is 0 Å². The fourth-order valence-electron chi connectivity index (χ4n) is 1.92. The van der Waals surface area contributed by atoms with E-state index in [0.717, 1.165) is 0 Å². The van der Waals surface area contributed by atoms with Gasteiger partial charge in [-0.25, -0.2) is 8.78 Å². The molecule has 0 amide bonds. The summed E-state index contributed by atoms with van der Waals surface area (Å²) in [6.45, 7) is 4.04. The second-order valence-electron chi connectivity index (χ2n) is 4.22. The van der Waals surface area contributed by atoms with Gasteiger partial charge in [0.1, 0.15) is 0 Å². The molecule has 2 rings (SSSR count). The standard InChI is InChI=1S/C14H15F2N3/c1-3-18-14(11-8-17-6-7-19-11)10-5-4-9(2)12(15)13(10)16/h4-8,14,18H,3H2,1-2H3. The van der Waals surface area contributed by atoms with E-state index in [0.29, 0.717) is 12.2 Å². The Morgan fingerprint density at radius 2 is 2.00 bits per heavy atom. The largest absolute Gasteiger partial charge is 0.305 e. The molecule has 1 atom stereocenters. The molecule has 0 saturated carbocycles. The Balaban J connectivity index is 2.49. The summed E-state index contributed by atoms with van der Waals surface area (Å²) in [4.78, 5) is 8.12. The van der Waals surface area contributed by atoms with E-state index in [9.17, 15) is 8.78 Å². The third-order valence-corrected chi connectivity index (χ3v) is 2.90. The lowest BCUT2D eigenvalue weighted by molar-refractivity contribution is 0.476. The van der Waals surface area contributed by atoms with Crippen LogP contribution in [0.15, 0.2) is 30.7 Å². The smallest absolute Gasteiger partial charge is 0.164 e. The molecule has 0 spiro atoms. The lowest BCUT2D eigenvalue weighted by atomic mass is 10.0. The van der Waals surface area contributed by atoms with Gasteiger partial charge in [-0.1, -0.05) is 19.1 Å². The van der Waals surface area contributed by atoms with E-state index in [1.807, 2.05) is 6.92 Å². The third kappa shape index (κ3) is 2.76. The highest BCUT2D eigenvalue weighted by Crippen LogP contribution is 2.25. The van der Waals surface area contributed by atoms with Gasteiger partial charge in [-0.05, 0) is 19.0 Å². The van der Waals surface area contributed by atoms with Gasteiger partial charge in [-0.15, -0.1) is 0 Å². The maximum atomic E-state index is 14.1. The fraction of sp³-hybridized carbons (Fsp3) is 0.286. The molecule has 0 aliphatic carbocycles. The maximum absolute atomic E-state index is 14.1. The van der Waals surface area contributed by atoms with Crippen LogP contribution in [0.3, 0.4) is 0 Å². The normalized spacial score (nSPS) is 12.4. The number of aromatic nitrogens is 2. The molecule has 3 nitrogen and oxygen atoms in total. The van der Waals surface area contributed by atoms with Gasteiger partial charge < -0.3 is 5.32 Å². The van der Waals surface area contributed by atoms with Crippen molar-refractivity contribution in [2.45, 2.75) is 19.9 Å². The number of nitrogens with one attached hydrogen (secondary N) is 1. The van der Waals surface area contributed by atoms with E-state index in [1.165, 1.54) is 13.1 Å². The van der Waals surface area contributed by atoms with Gasteiger partial charge in [0.15, 0.2) is 11.6 Å². The van der Waals surface area contributed by atoms with Crippen LogP contribution in [0.1, 0.15) is 29.8 Å². The predicted molar refractivity (Wildman–Crippen MR) is 68.6 cm³/mol. The Morgan fingerprint density at radius 1 is 1.21 bits per heavy atom. The maximum Gasteiger partial charge on any atom is 0.164 e. The van der Waals surface area contributed by atoms with Crippen molar-refractivity contribution in [2.24, 2.45) is 0 Å². The molecule has 0 bridgehead atoms. The first-order valence-electron chi connectivity index (χ1n) is 6.09. The highest BCUT2D eigenvalue weighted by Gasteiger charge is 2.21. The molecule has 100 valence electrons. The quantitative estimate of drug-likeness (QED) is 0.921. The van der Waals surface area contributed by atoms with Gasteiger partial charge in [0.2, 0.25) is 0 Å². The van der Waals surface area contributed by atoms with E-state index in [4.69, 9.17) is 0 Å². The van der Waals surface area contributed by atoms with Gasteiger partial charge in [0.05, 0.1) is 17.9 Å². The summed E-state index contributed by atoms with van der Waals surface area (Å²) in [5.41, 5.74) is 1.09. The van der Waals surface area contributed by atoms with E-state index in [1.54, 1.807) is 24.5 Å². The molecule has 1 N–H and O–H groups in total. The second kappa shape index (κ2) is 5.84. The molecule has 0 radical (unpaired) electrons. The molecular weight excluding hydrogens is 248 g/mol. The van der Waals surface area contributed by atoms with Crippen molar-refractivity contribution in [3.63, 3.8) is 0 Å². The number of halogens is 2. The van der Waals surface area contributed by atoms with Crippen molar-refractivity contribution in [1.29, 1.82) is 0 Å². The first-order valence-corrected chi connectivity index (χ1v) is 6.09. The van der Waals surface area contributed by atoms with Gasteiger partial charge in [0.25, 0.3) is 0 Å². The van der Waals surface area contributed by atoms with E-state index in [-0.39, 0.29) is 11.1 Å². The number of aryl methyl sites for hydroxylation is 1. The van der Waals surface area contributed by atoms with Crippen LogP contribution in [0.2, 0.25) is 0 Å². The molecule has 0 saturated heterocycles. The minimum atomic E-state index is -0.836. The van der Waals surface area contributed by atoms with Crippen LogP contribution in [0.5, 0.6) is 0 Å². The van der Waals surface area contributed by atoms with Crippen molar-refractivity contribution in [3.8, 4) is 0 Å². The number of hydrogen-bond acceptors (Lipinski definition) is 3. The van der Waals surface area contributed by atoms with E-state index < -0.39 is 17.7 Å². The molecule has 1 heterocycles. The second-order valence-corrected chi connectivity index (χ2v) is 4.22. The SMILES string of the molecule is CCNC(c1cnccn1)c1ccc(C)c(F)c1F. The van der Waals surface area contributed by atoms with Gasteiger partial charge in [-0.2, -0.15) is 0 Å². The van der Waals surface area contributed by atoms with Crippen LogP contribution >= 0.6 is 0 Å². The monoisotopic (exact) mass is 263 g/mol. The molecule has 19 heavy (non-hydrogen) atoms. The number of nitrogens with zero attached hydrogens (tertiary/aromatic N) is 2. The Morgan fingerprint density at radius 3 is 2.63 bits per heavy atom. The van der Waals surface area contributed by atoms with Crippen LogP contribution in [-0.2, 0) is 0 Å². The summed E-state index contributed by atoms with van der Waals surface area (Å²) < 4.78 is 27.7. The minimum Gasteiger partial charge on any atom is -0.305 e.